The molecule has 166 valence electrons. The smallest absolute Gasteiger partial charge is 0.327 e. The highest BCUT2D eigenvalue weighted by atomic mass is 32.1. The van der Waals surface area contributed by atoms with E-state index in [4.69, 9.17) is 22.3 Å². The van der Waals surface area contributed by atoms with E-state index in [2.05, 4.69) is 28.6 Å². The molecule has 0 radical (unpaired) electrons. The number of nitrogens with one attached hydrogen (secondary N) is 3. The SMILES string of the molecule is CC(N)C(=O)NC(CCCCN)C(=O)NC(CC(N)=O)C(=O)NC(CS)C(=O)O. The van der Waals surface area contributed by atoms with Crippen molar-refractivity contribution >= 4 is 42.2 Å². The van der Waals surface area contributed by atoms with Gasteiger partial charge < -0.3 is 38.3 Å². The first-order valence-corrected chi connectivity index (χ1v) is 9.65. The maximum absolute atomic E-state index is 12.6. The minimum Gasteiger partial charge on any atom is -0.480 e. The normalized spacial score (nSPS) is 14.8. The van der Waals surface area contributed by atoms with Gasteiger partial charge in [0.25, 0.3) is 0 Å². The third-order valence-electron chi connectivity index (χ3n) is 3.83. The van der Waals surface area contributed by atoms with Crippen LogP contribution in [-0.4, -0.2) is 71.2 Å². The van der Waals surface area contributed by atoms with Crippen molar-refractivity contribution < 1.29 is 29.1 Å². The zero-order chi connectivity index (χ0) is 22.6. The quantitative estimate of drug-likeness (QED) is 0.102. The molecule has 0 aliphatic rings. The van der Waals surface area contributed by atoms with Gasteiger partial charge in [-0.15, -0.1) is 0 Å². The van der Waals surface area contributed by atoms with E-state index in [1.807, 2.05) is 0 Å². The Balaban J connectivity index is 5.32. The van der Waals surface area contributed by atoms with Crippen molar-refractivity contribution in [2.45, 2.75) is 56.8 Å². The van der Waals surface area contributed by atoms with Gasteiger partial charge in [-0.3, -0.25) is 19.2 Å². The van der Waals surface area contributed by atoms with E-state index < -0.39 is 60.2 Å². The molecule has 0 saturated carbocycles. The second-order valence-corrected chi connectivity index (χ2v) is 6.81. The lowest BCUT2D eigenvalue weighted by atomic mass is 10.1. The Kier molecular flexibility index (Phi) is 12.6. The molecule has 4 unspecified atom stereocenters. The van der Waals surface area contributed by atoms with E-state index in [-0.39, 0.29) is 12.2 Å². The van der Waals surface area contributed by atoms with E-state index >= 15 is 0 Å². The van der Waals surface area contributed by atoms with Crippen molar-refractivity contribution in [3.8, 4) is 0 Å². The third kappa shape index (κ3) is 10.7. The Bertz CT molecular complexity index is 602. The molecule has 0 aliphatic carbocycles. The lowest BCUT2D eigenvalue weighted by molar-refractivity contribution is -0.141. The van der Waals surface area contributed by atoms with Gasteiger partial charge in [-0.25, -0.2) is 4.79 Å². The van der Waals surface area contributed by atoms with Crippen LogP contribution in [0.5, 0.6) is 0 Å². The zero-order valence-electron chi connectivity index (χ0n) is 16.2. The van der Waals surface area contributed by atoms with Crippen LogP contribution in [-0.2, 0) is 24.0 Å². The number of rotatable bonds is 14. The highest BCUT2D eigenvalue weighted by molar-refractivity contribution is 7.80. The van der Waals surface area contributed by atoms with Crippen molar-refractivity contribution in [1.29, 1.82) is 0 Å². The van der Waals surface area contributed by atoms with Crippen LogP contribution in [0.1, 0.15) is 32.6 Å². The number of carboxylic acid groups (broad SMARTS) is 1. The molecular weight excluding hydrogens is 404 g/mol. The summed E-state index contributed by atoms with van der Waals surface area (Å²) in [6.45, 7) is 1.83. The average Bonchev–Trinajstić information content (AvgIpc) is 2.63. The number of unbranched alkanes of at least 4 members (excludes halogenated alkanes) is 1. The van der Waals surface area contributed by atoms with Crippen LogP contribution in [0, 0.1) is 0 Å². The molecule has 0 rings (SSSR count). The summed E-state index contributed by atoms with van der Waals surface area (Å²) in [6, 6.07) is -4.64. The van der Waals surface area contributed by atoms with Crippen molar-refractivity contribution in [2.75, 3.05) is 12.3 Å². The summed E-state index contributed by atoms with van der Waals surface area (Å²) < 4.78 is 0. The molecule has 4 atom stereocenters. The molecule has 10 N–H and O–H groups in total. The van der Waals surface area contributed by atoms with Crippen LogP contribution in [0.4, 0.5) is 0 Å². The molecule has 0 saturated heterocycles. The van der Waals surface area contributed by atoms with Crippen molar-refractivity contribution in [1.82, 2.24) is 16.0 Å². The zero-order valence-corrected chi connectivity index (χ0v) is 17.1. The number of amides is 4. The van der Waals surface area contributed by atoms with E-state index in [9.17, 15) is 24.0 Å². The molecule has 12 nitrogen and oxygen atoms in total. The molecule has 0 aliphatic heterocycles. The predicted octanol–water partition coefficient (Wildman–Crippen LogP) is -3.19. The van der Waals surface area contributed by atoms with Gasteiger partial charge in [0.15, 0.2) is 0 Å². The molecular formula is C16H30N6O6S. The van der Waals surface area contributed by atoms with E-state index in [0.29, 0.717) is 19.4 Å². The van der Waals surface area contributed by atoms with Gasteiger partial charge in [0.1, 0.15) is 18.1 Å². The van der Waals surface area contributed by atoms with Crippen LogP contribution in [0.2, 0.25) is 0 Å². The summed E-state index contributed by atoms with van der Waals surface area (Å²) in [5, 5.41) is 16.0. The molecule has 13 heteroatoms. The second-order valence-electron chi connectivity index (χ2n) is 6.45. The monoisotopic (exact) mass is 434 g/mol. The first kappa shape index (κ1) is 26.6. The second kappa shape index (κ2) is 13.7. The largest absolute Gasteiger partial charge is 0.480 e. The summed E-state index contributed by atoms with van der Waals surface area (Å²) in [6.07, 6.45) is 0.778. The van der Waals surface area contributed by atoms with E-state index in [0.717, 1.165) is 0 Å². The van der Waals surface area contributed by atoms with Gasteiger partial charge in [-0.05, 0) is 32.7 Å². The molecule has 0 aromatic rings. The van der Waals surface area contributed by atoms with Gasteiger partial charge in [0.2, 0.25) is 23.6 Å². The van der Waals surface area contributed by atoms with E-state index in [1.165, 1.54) is 6.92 Å². The Morgan fingerprint density at radius 3 is 1.90 bits per heavy atom. The first-order chi connectivity index (χ1) is 13.5. The number of aliphatic carboxylic acids is 1. The lowest BCUT2D eigenvalue weighted by Gasteiger charge is -2.24. The molecule has 0 bridgehead atoms. The molecule has 4 amide bonds. The number of hydrogen-bond acceptors (Lipinski definition) is 8. The van der Waals surface area contributed by atoms with Crippen molar-refractivity contribution in [3.05, 3.63) is 0 Å². The molecule has 0 spiro atoms. The number of carbonyl (C=O) groups excluding carboxylic acids is 4. The van der Waals surface area contributed by atoms with Crippen LogP contribution in [0.15, 0.2) is 0 Å². The Morgan fingerprint density at radius 1 is 0.931 bits per heavy atom. The van der Waals surface area contributed by atoms with Gasteiger partial charge >= 0.3 is 5.97 Å². The highest BCUT2D eigenvalue weighted by Crippen LogP contribution is 2.04. The first-order valence-electron chi connectivity index (χ1n) is 9.02. The number of nitrogens with two attached hydrogens (primary N) is 3. The Morgan fingerprint density at radius 2 is 1.45 bits per heavy atom. The fourth-order valence-corrected chi connectivity index (χ4v) is 2.45. The minimum atomic E-state index is -1.43. The van der Waals surface area contributed by atoms with Crippen LogP contribution >= 0.6 is 12.6 Å². The fraction of sp³-hybridized carbons (Fsp3) is 0.688. The van der Waals surface area contributed by atoms with Gasteiger partial charge in [0.05, 0.1) is 12.5 Å². The maximum Gasteiger partial charge on any atom is 0.327 e. The van der Waals surface area contributed by atoms with Gasteiger partial charge in [0, 0.05) is 5.75 Å². The number of thiol groups is 1. The number of carboxylic acids is 1. The third-order valence-corrected chi connectivity index (χ3v) is 4.19. The van der Waals surface area contributed by atoms with Gasteiger partial charge in [-0.1, -0.05) is 0 Å². The maximum atomic E-state index is 12.6. The highest BCUT2D eigenvalue weighted by Gasteiger charge is 2.30. The summed E-state index contributed by atoms with van der Waals surface area (Å²) >= 11 is 3.83. The topological polar surface area (TPSA) is 220 Å². The summed E-state index contributed by atoms with van der Waals surface area (Å²) in [4.78, 5) is 59.2. The van der Waals surface area contributed by atoms with E-state index in [1.54, 1.807) is 0 Å². The molecule has 29 heavy (non-hydrogen) atoms. The summed E-state index contributed by atoms with van der Waals surface area (Å²) in [7, 11) is 0. The average molecular weight is 435 g/mol. The number of primary amides is 1. The molecule has 0 aromatic heterocycles. The summed E-state index contributed by atoms with van der Waals surface area (Å²) in [5.74, 6) is -4.66. The van der Waals surface area contributed by atoms with Crippen LogP contribution in [0.25, 0.3) is 0 Å². The van der Waals surface area contributed by atoms with Crippen LogP contribution < -0.4 is 33.2 Å². The number of carbonyl (C=O) groups is 5. The van der Waals surface area contributed by atoms with Crippen molar-refractivity contribution in [2.24, 2.45) is 17.2 Å². The number of hydrogen-bond donors (Lipinski definition) is 8. The molecule has 0 heterocycles. The molecule has 0 fully saturated rings. The fourth-order valence-electron chi connectivity index (χ4n) is 2.21. The standard InChI is InChI=1S/C16H30N6O6S/c1-8(18)13(24)20-9(4-2-3-5-17)14(25)21-10(6-12(19)23)15(26)22-11(7-29)16(27)28/h8-11,29H,2-7,17-18H2,1H3,(H2,19,23)(H,20,24)(H,21,25)(H,22,26)(H,27,28). The van der Waals surface area contributed by atoms with Crippen LogP contribution in [0.3, 0.4) is 0 Å². The lowest BCUT2D eigenvalue weighted by Crippen LogP contribution is -2.57. The van der Waals surface area contributed by atoms with Crippen molar-refractivity contribution in [3.63, 3.8) is 0 Å². The summed E-state index contributed by atoms with van der Waals surface area (Å²) in [5.41, 5.74) is 16.1. The predicted molar refractivity (Wildman–Crippen MR) is 108 cm³/mol. The Labute approximate surface area is 174 Å². The van der Waals surface area contributed by atoms with Gasteiger partial charge in [-0.2, -0.15) is 12.6 Å². The minimum absolute atomic E-state index is 0.204. The Hall–Kier alpha value is -2.38. The molecule has 0 aromatic carbocycles.